The maximum Gasteiger partial charge on any atom is 0.217 e. The van der Waals surface area contributed by atoms with Gasteiger partial charge in [-0.15, -0.1) is 11.6 Å². The van der Waals surface area contributed by atoms with Gasteiger partial charge in [-0.3, -0.25) is 4.79 Å². The van der Waals surface area contributed by atoms with Gasteiger partial charge in [0.2, 0.25) is 5.91 Å². The quantitative estimate of drug-likeness (QED) is 0.627. The molecule has 2 N–H and O–H groups in total. The molecule has 3 heteroatoms. The lowest BCUT2D eigenvalue weighted by Gasteiger charge is -2.20. The first-order valence-corrected chi connectivity index (χ1v) is 5.97. The fourth-order valence-electron chi connectivity index (χ4n) is 1.67. The van der Waals surface area contributed by atoms with Crippen LogP contribution in [0.15, 0.2) is 0 Å². The maximum absolute atomic E-state index is 10.8. The second kappa shape index (κ2) is 8.10. The van der Waals surface area contributed by atoms with E-state index in [-0.39, 0.29) is 17.2 Å². The minimum Gasteiger partial charge on any atom is -0.370 e. The molecule has 2 atom stereocenters. The molecule has 2 nitrogen and oxygen atoms in total. The molecule has 0 rings (SSSR count). The third kappa shape index (κ3) is 6.25. The first-order chi connectivity index (χ1) is 6.61. The third-order valence-corrected chi connectivity index (χ3v) is 3.04. The van der Waals surface area contributed by atoms with E-state index in [9.17, 15) is 4.79 Å². The normalized spacial score (nSPS) is 15.1. The minimum atomic E-state index is -0.231. The van der Waals surface area contributed by atoms with Gasteiger partial charge in [-0.25, -0.2) is 0 Å². The molecule has 0 heterocycles. The average molecular weight is 220 g/mol. The number of primary amides is 1. The maximum atomic E-state index is 10.8. The van der Waals surface area contributed by atoms with Gasteiger partial charge in [-0.05, 0) is 18.8 Å². The molecule has 14 heavy (non-hydrogen) atoms. The van der Waals surface area contributed by atoms with Crippen molar-refractivity contribution in [2.45, 2.75) is 57.7 Å². The van der Waals surface area contributed by atoms with E-state index in [1.54, 1.807) is 0 Å². The fraction of sp³-hybridized carbons (Fsp3) is 0.909. The van der Waals surface area contributed by atoms with Gasteiger partial charge in [0.15, 0.2) is 0 Å². The van der Waals surface area contributed by atoms with Crippen LogP contribution in [-0.4, -0.2) is 11.3 Å². The summed E-state index contributed by atoms with van der Waals surface area (Å²) in [5.41, 5.74) is 5.19. The predicted octanol–water partition coefficient (Wildman–Crippen LogP) is 3.08. The monoisotopic (exact) mass is 219 g/mol. The Hall–Kier alpha value is -0.240. The van der Waals surface area contributed by atoms with Crippen molar-refractivity contribution in [2.24, 2.45) is 11.7 Å². The Morgan fingerprint density at radius 3 is 2.36 bits per heavy atom. The number of halogens is 1. The summed E-state index contributed by atoms with van der Waals surface area (Å²) in [7, 11) is 0. The number of amides is 1. The standard InChI is InChI=1S/C11H22ClNO/c1-3-5-7-10(12)9(6-4-2)8-11(13)14/h9-10H,3-8H2,1-2H3,(H2,13,14). The molecule has 0 spiro atoms. The highest BCUT2D eigenvalue weighted by molar-refractivity contribution is 6.20. The molecule has 0 aliphatic carbocycles. The van der Waals surface area contributed by atoms with Crippen LogP contribution in [0.3, 0.4) is 0 Å². The lowest BCUT2D eigenvalue weighted by Crippen LogP contribution is -2.23. The van der Waals surface area contributed by atoms with E-state index >= 15 is 0 Å². The Labute approximate surface area is 92.2 Å². The summed E-state index contributed by atoms with van der Waals surface area (Å²) in [6.07, 6.45) is 5.78. The van der Waals surface area contributed by atoms with Crippen molar-refractivity contribution in [1.29, 1.82) is 0 Å². The molecule has 1 amide bonds. The summed E-state index contributed by atoms with van der Waals surface area (Å²) in [5.74, 6) is 0.0383. The number of carbonyl (C=O) groups excluding carboxylic acids is 1. The molecule has 0 radical (unpaired) electrons. The lowest BCUT2D eigenvalue weighted by molar-refractivity contribution is -0.119. The Bertz CT molecular complexity index is 161. The van der Waals surface area contributed by atoms with Crippen LogP contribution < -0.4 is 5.73 Å². The van der Waals surface area contributed by atoms with Crippen LogP contribution in [0.1, 0.15) is 52.4 Å². The highest BCUT2D eigenvalue weighted by Gasteiger charge is 2.19. The van der Waals surface area contributed by atoms with E-state index in [2.05, 4.69) is 13.8 Å². The molecule has 0 fully saturated rings. The first kappa shape index (κ1) is 13.8. The third-order valence-electron chi connectivity index (χ3n) is 2.47. The van der Waals surface area contributed by atoms with E-state index in [4.69, 9.17) is 17.3 Å². The van der Waals surface area contributed by atoms with Gasteiger partial charge in [0.05, 0.1) is 0 Å². The smallest absolute Gasteiger partial charge is 0.217 e. The number of nitrogens with two attached hydrogens (primary N) is 1. The number of carbonyl (C=O) groups is 1. The highest BCUT2D eigenvalue weighted by atomic mass is 35.5. The number of rotatable bonds is 8. The summed E-state index contributed by atoms with van der Waals surface area (Å²) < 4.78 is 0. The van der Waals surface area contributed by atoms with E-state index in [0.717, 1.165) is 32.1 Å². The van der Waals surface area contributed by atoms with Crippen molar-refractivity contribution >= 4 is 17.5 Å². The molecule has 0 aliphatic heterocycles. The second-order valence-corrected chi connectivity index (χ2v) is 4.44. The Kier molecular flexibility index (Phi) is 7.96. The van der Waals surface area contributed by atoms with Crippen LogP contribution in [0.25, 0.3) is 0 Å². The van der Waals surface area contributed by atoms with Gasteiger partial charge < -0.3 is 5.73 Å². The van der Waals surface area contributed by atoms with Gasteiger partial charge in [0.1, 0.15) is 0 Å². The van der Waals surface area contributed by atoms with Gasteiger partial charge in [-0.2, -0.15) is 0 Å². The van der Waals surface area contributed by atoms with Gasteiger partial charge in [-0.1, -0.05) is 33.1 Å². The SMILES string of the molecule is CCCCC(Cl)C(CCC)CC(N)=O. The summed E-state index contributed by atoms with van der Waals surface area (Å²) in [5, 5.41) is 0.113. The summed E-state index contributed by atoms with van der Waals surface area (Å²) >= 11 is 6.24. The Balaban J connectivity index is 3.96. The Morgan fingerprint density at radius 2 is 1.93 bits per heavy atom. The number of hydrogen-bond donors (Lipinski definition) is 1. The van der Waals surface area contributed by atoms with Crippen LogP contribution in [0.2, 0.25) is 0 Å². The zero-order valence-corrected chi connectivity index (χ0v) is 10.0. The summed E-state index contributed by atoms with van der Waals surface area (Å²) in [6, 6.07) is 0. The van der Waals surface area contributed by atoms with E-state index in [1.807, 2.05) is 0 Å². The largest absolute Gasteiger partial charge is 0.370 e. The average Bonchev–Trinajstić information content (AvgIpc) is 2.13. The molecule has 0 aliphatic rings. The predicted molar refractivity (Wildman–Crippen MR) is 61.4 cm³/mol. The molecule has 0 saturated heterocycles. The highest BCUT2D eigenvalue weighted by Crippen LogP contribution is 2.24. The molecule has 84 valence electrons. The molecule has 0 aromatic rings. The van der Waals surface area contributed by atoms with Gasteiger partial charge in [0, 0.05) is 11.8 Å². The van der Waals surface area contributed by atoms with Crippen LogP contribution in [0.5, 0.6) is 0 Å². The number of alkyl halides is 1. The fourth-order valence-corrected chi connectivity index (χ4v) is 2.04. The zero-order valence-electron chi connectivity index (χ0n) is 9.26. The van der Waals surface area contributed by atoms with Crippen LogP contribution in [-0.2, 0) is 4.79 Å². The van der Waals surface area contributed by atoms with Crippen molar-refractivity contribution in [3.63, 3.8) is 0 Å². The van der Waals surface area contributed by atoms with Crippen molar-refractivity contribution < 1.29 is 4.79 Å². The minimum absolute atomic E-state index is 0.113. The lowest BCUT2D eigenvalue weighted by atomic mass is 9.92. The zero-order chi connectivity index (χ0) is 11.0. The van der Waals surface area contributed by atoms with Crippen molar-refractivity contribution in [3.8, 4) is 0 Å². The summed E-state index contributed by atoms with van der Waals surface area (Å²) in [6.45, 7) is 4.25. The second-order valence-electron chi connectivity index (χ2n) is 3.88. The van der Waals surface area contributed by atoms with E-state index in [0.29, 0.717) is 6.42 Å². The first-order valence-electron chi connectivity index (χ1n) is 5.54. The van der Waals surface area contributed by atoms with Crippen molar-refractivity contribution in [2.75, 3.05) is 0 Å². The summed E-state index contributed by atoms with van der Waals surface area (Å²) in [4.78, 5) is 10.8. The molecule has 0 aromatic carbocycles. The van der Waals surface area contributed by atoms with Crippen molar-refractivity contribution in [3.05, 3.63) is 0 Å². The van der Waals surface area contributed by atoms with E-state index < -0.39 is 0 Å². The number of unbranched alkanes of at least 4 members (excludes halogenated alkanes) is 1. The molecule has 0 bridgehead atoms. The van der Waals surface area contributed by atoms with Crippen LogP contribution in [0, 0.1) is 5.92 Å². The topological polar surface area (TPSA) is 43.1 Å². The van der Waals surface area contributed by atoms with Crippen LogP contribution >= 0.6 is 11.6 Å². The van der Waals surface area contributed by atoms with Crippen LogP contribution in [0.4, 0.5) is 0 Å². The molecule has 0 saturated carbocycles. The van der Waals surface area contributed by atoms with Gasteiger partial charge in [0.25, 0.3) is 0 Å². The van der Waals surface area contributed by atoms with Crippen molar-refractivity contribution in [1.82, 2.24) is 0 Å². The molecular formula is C11H22ClNO. The molecular weight excluding hydrogens is 198 g/mol. The number of hydrogen-bond acceptors (Lipinski definition) is 1. The van der Waals surface area contributed by atoms with E-state index in [1.165, 1.54) is 0 Å². The van der Waals surface area contributed by atoms with Gasteiger partial charge >= 0.3 is 0 Å². The molecule has 2 unspecified atom stereocenters. The Morgan fingerprint density at radius 1 is 1.29 bits per heavy atom. The molecule has 0 aromatic heterocycles.